The number of anilines is 1. The summed E-state index contributed by atoms with van der Waals surface area (Å²) in [5.74, 6) is 0. The summed E-state index contributed by atoms with van der Waals surface area (Å²) in [6.07, 6.45) is 5.23. The van der Waals surface area contributed by atoms with E-state index in [9.17, 15) is 0 Å². The summed E-state index contributed by atoms with van der Waals surface area (Å²) in [6.45, 7) is 8.17. The lowest BCUT2D eigenvalue weighted by atomic mass is 10.1. The van der Waals surface area contributed by atoms with Crippen molar-refractivity contribution in [3.8, 4) is 0 Å². The number of nitrogens with one attached hydrogen (secondary N) is 1. The molecule has 1 aliphatic carbocycles. The number of thiazole rings is 1. The third-order valence-corrected chi connectivity index (χ3v) is 5.50. The van der Waals surface area contributed by atoms with Gasteiger partial charge in [0.15, 0.2) is 5.13 Å². The number of morpholine rings is 1. The second-order valence-corrected chi connectivity index (χ2v) is 6.66. The Hall–Kier alpha value is -0.650. The van der Waals surface area contributed by atoms with Crippen LogP contribution in [0.5, 0.6) is 0 Å². The van der Waals surface area contributed by atoms with Gasteiger partial charge in [0.2, 0.25) is 0 Å². The van der Waals surface area contributed by atoms with Crippen LogP contribution in [-0.2, 0) is 17.7 Å². The molecule has 2 heterocycles. The summed E-state index contributed by atoms with van der Waals surface area (Å²) >= 11 is 1.88. The van der Waals surface area contributed by atoms with Gasteiger partial charge >= 0.3 is 0 Å². The molecule has 0 radical (unpaired) electrons. The Balaban J connectivity index is 1.80. The highest BCUT2D eigenvalue weighted by Crippen LogP contribution is 2.36. The summed E-state index contributed by atoms with van der Waals surface area (Å²) in [6, 6.07) is 0.562. The summed E-state index contributed by atoms with van der Waals surface area (Å²) in [5, 5.41) is 4.65. The van der Waals surface area contributed by atoms with Crippen molar-refractivity contribution in [3.63, 3.8) is 0 Å². The Kier molecular flexibility index (Phi) is 4.58. The number of hydrogen-bond donors (Lipinski definition) is 1. The van der Waals surface area contributed by atoms with Gasteiger partial charge in [0.1, 0.15) is 0 Å². The second kappa shape index (κ2) is 6.41. The first-order valence-electron chi connectivity index (χ1n) is 7.91. The molecule has 20 heavy (non-hydrogen) atoms. The number of nitrogens with zero attached hydrogens (tertiary/aromatic N) is 2. The van der Waals surface area contributed by atoms with E-state index in [0.717, 1.165) is 32.7 Å². The van der Waals surface area contributed by atoms with Gasteiger partial charge in [0.25, 0.3) is 0 Å². The Bertz CT molecular complexity index is 448. The first-order valence-corrected chi connectivity index (χ1v) is 8.72. The van der Waals surface area contributed by atoms with Gasteiger partial charge in [-0.05, 0) is 32.2 Å². The van der Waals surface area contributed by atoms with Gasteiger partial charge in [-0.15, -0.1) is 11.3 Å². The molecule has 1 aromatic rings. The zero-order valence-electron chi connectivity index (χ0n) is 12.5. The van der Waals surface area contributed by atoms with Crippen LogP contribution in [-0.4, -0.2) is 36.8 Å². The minimum atomic E-state index is 0.440. The minimum Gasteiger partial charge on any atom is -0.374 e. The summed E-state index contributed by atoms with van der Waals surface area (Å²) < 4.78 is 5.90. The highest BCUT2D eigenvalue weighted by molar-refractivity contribution is 7.15. The van der Waals surface area contributed by atoms with Crippen molar-refractivity contribution in [2.75, 3.05) is 24.6 Å². The van der Waals surface area contributed by atoms with Gasteiger partial charge in [0.05, 0.1) is 24.4 Å². The maximum atomic E-state index is 5.90. The van der Waals surface area contributed by atoms with Crippen molar-refractivity contribution < 1.29 is 4.74 Å². The van der Waals surface area contributed by atoms with Gasteiger partial charge in [-0.25, -0.2) is 4.98 Å². The largest absolute Gasteiger partial charge is 0.374 e. The molecular formula is C15H25N3OS. The van der Waals surface area contributed by atoms with Crippen LogP contribution in [0.15, 0.2) is 0 Å². The highest BCUT2D eigenvalue weighted by atomic mass is 32.1. The van der Waals surface area contributed by atoms with Gasteiger partial charge in [-0.3, -0.25) is 0 Å². The van der Waals surface area contributed by atoms with E-state index in [4.69, 9.17) is 9.72 Å². The van der Waals surface area contributed by atoms with Gasteiger partial charge in [0, 0.05) is 18.0 Å². The molecule has 1 aromatic heterocycles. The number of aryl methyl sites for hydroxylation is 1. The Morgan fingerprint density at radius 3 is 3.10 bits per heavy atom. The molecule has 112 valence electrons. The topological polar surface area (TPSA) is 37.4 Å². The molecule has 2 fully saturated rings. The normalized spacial score (nSPS) is 26.0. The zero-order chi connectivity index (χ0) is 13.9. The molecule has 1 N–H and O–H groups in total. The Morgan fingerprint density at radius 2 is 2.30 bits per heavy atom. The van der Waals surface area contributed by atoms with Crippen LogP contribution >= 0.6 is 11.3 Å². The molecule has 2 aliphatic rings. The van der Waals surface area contributed by atoms with Crippen molar-refractivity contribution in [1.82, 2.24) is 10.3 Å². The first kappa shape index (κ1) is 14.3. The second-order valence-electron chi connectivity index (χ2n) is 5.60. The monoisotopic (exact) mass is 295 g/mol. The standard InChI is InChI=1S/C15H25N3OS/c1-3-11-14(10-16-4-2)20-15(17-11)18-8-9-19-13-7-5-6-12(13)18/h12-13,16H,3-10H2,1-2H3. The molecule has 1 aliphatic heterocycles. The fourth-order valence-electron chi connectivity index (χ4n) is 3.31. The molecular weight excluding hydrogens is 270 g/mol. The molecule has 0 aromatic carbocycles. The van der Waals surface area contributed by atoms with Crippen LogP contribution in [0.3, 0.4) is 0 Å². The van der Waals surface area contributed by atoms with Crippen LogP contribution in [0, 0.1) is 0 Å². The predicted octanol–water partition coefficient (Wildman–Crippen LogP) is 2.57. The van der Waals surface area contributed by atoms with Gasteiger partial charge < -0.3 is 15.0 Å². The third kappa shape index (κ3) is 2.71. The molecule has 2 atom stereocenters. The Labute approximate surface area is 125 Å². The zero-order valence-corrected chi connectivity index (χ0v) is 13.3. The number of ether oxygens (including phenoxy) is 1. The van der Waals surface area contributed by atoms with Crippen molar-refractivity contribution in [2.24, 2.45) is 0 Å². The molecule has 1 saturated carbocycles. The lowest BCUT2D eigenvalue weighted by Gasteiger charge is -2.37. The summed E-state index contributed by atoms with van der Waals surface area (Å²) in [7, 11) is 0. The molecule has 2 unspecified atom stereocenters. The molecule has 5 heteroatoms. The van der Waals surface area contributed by atoms with E-state index < -0.39 is 0 Å². The van der Waals surface area contributed by atoms with E-state index in [2.05, 4.69) is 24.1 Å². The SMILES string of the molecule is CCNCc1sc(N2CCOC3CCCC32)nc1CC. The van der Waals surface area contributed by atoms with Crippen molar-refractivity contribution >= 4 is 16.5 Å². The number of rotatable bonds is 5. The average molecular weight is 295 g/mol. The fourth-order valence-corrected chi connectivity index (χ4v) is 4.51. The molecule has 0 spiro atoms. The number of aromatic nitrogens is 1. The molecule has 3 rings (SSSR count). The maximum absolute atomic E-state index is 5.90. The lowest BCUT2D eigenvalue weighted by Crippen LogP contribution is -2.48. The summed E-state index contributed by atoms with van der Waals surface area (Å²) in [5.41, 5.74) is 1.27. The van der Waals surface area contributed by atoms with E-state index in [1.807, 2.05) is 11.3 Å². The van der Waals surface area contributed by atoms with Crippen molar-refractivity contribution in [3.05, 3.63) is 10.6 Å². The molecule has 0 amide bonds. The van der Waals surface area contributed by atoms with Gasteiger partial charge in [-0.1, -0.05) is 13.8 Å². The van der Waals surface area contributed by atoms with E-state index in [0.29, 0.717) is 12.1 Å². The highest BCUT2D eigenvalue weighted by Gasteiger charge is 2.37. The summed E-state index contributed by atoms with van der Waals surface area (Å²) in [4.78, 5) is 8.84. The lowest BCUT2D eigenvalue weighted by molar-refractivity contribution is 0.0256. The average Bonchev–Trinajstić information content (AvgIpc) is 3.10. The third-order valence-electron chi connectivity index (χ3n) is 4.37. The molecule has 0 bridgehead atoms. The first-order chi connectivity index (χ1) is 9.83. The number of fused-ring (bicyclic) bond motifs is 1. The predicted molar refractivity (Wildman–Crippen MR) is 83.6 cm³/mol. The van der Waals surface area contributed by atoms with E-state index >= 15 is 0 Å². The van der Waals surface area contributed by atoms with Crippen LogP contribution < -0.4 is 10.2 Å². The molecule has 1 saturated heterocycles. The maximum Gasteiger partial charge on any atom is 0.186 e. The van der Waals surface area contributed by atoms with Crippen molar-refractivity contribution in [2.45, 2.75) is 58.2 Å². The fraction of sp³-hybridized carbons (Fsp3) is 0.800. The number of hydrogen-bond acceptors (Lipinski definition) is 5. The van der Waals surface area contributed by atoms with Crippen LogP contribution in [0.1, 0.15) is 43.7 Å². The van der Waals surface area contributed by atoms with Crippen molar-refractivity contribution in [1.29, 1.82) is 0 Å². The van der Waals surface area contributed by atoms with Crippen LogP contribution in [0.25, 0.3) is 0 Å². The van der Waals surface area contributed by atoms with Crippen LogP contribution in [0.4, 0.5) is 5.13 Å². The van der Waals surface area contributed by atoms with Crippen LogP contribution in [0.2, 0.25) is 0 Å². The molecule has 4 nitrogen and oxygen atoms in total. The quantitative estimate of drug-likeness (QED) is 0.906. The smallest absolute Gasteiger partial charge is 0.186 e. The Morgan fingerprint density at radius 1 is 1.40 bits per heavy atom. The van der Waals surface area contributed by atoms with Gasteiger partial charge in [-0.2, -0.15) is 0 Å². The van der Waals surface area contributed by atoms with E-state index in [-0.39, 0.29) is 0 Å². The van der Waals surface area contributed by atoms with E-state index in [1.54, 1.807) is 0 Å². The van der Waals surface area contributed by atoms with E-state index in [1.165, 1.54) is 35.0 Å². The minimum absolute atomic E-state index is 0.440.